The molecule has 3 N–H and O–H groups in total. The van der Waals surface area contributed by atoms with Crippen LogP contribution in [0.2, 0.25) is 0 Å². The van der Waals surface area contributed by atoms with Gasteiger partial charge in [0, 0.05) is 9.64 Å². The first-order chi connectivity index (χ1) is 8.60. The summed E-state index contributed by atoms with van der Waals surface area (Å²) < 4.78 is 18.9. The molecule has 0 fully saturated rings. The highest BCUT2D eigenvalue weighted by Gasteiger charge is 2.05. The van der Waals surface area contributed by atoms with E-state index in [-0.39, 0.29) is 5.82 Å². The van der Waals surface area contributed by atoms with Gasteiger partial charge in [0.15, 0.2) is 0 Å². The van der Waals surface area contributed by atoms with E-state index < -0.39 is 0 Å². The first-order valence-corrected chi connectivity index (χ1v) is 6.33. The number of methoxy groups -OCH3 is 1. The van der Waals surface area contributed by atoms with Crippen LogP contribution in [0.3, 0.4) is 0 Å². The first kappa shape index (κ1) is 12.9. The molecule has 0 aromatic heterocycles. The zero-order valence-corrected chi connectivity index (χ0v) is 11.9. The number of benzene rings is 2. The smallest absolute Gasteiger partial charge is 0.124 e. The van der Waals surface area contributed by atoms with Crippen molar-refractivity contribution in [3.63, 3.8) is 0 Å². The highest BCUT2D eigenvalue weighted by molar-refractivity contribution is 14.1. The second kappa shape index (κ2) is 5.43. The largest absolute Gasteiger partial charge is 0.497 e. The average Bonchev–Trinajstić information content (AvgIpc) is 2.34. The van der Waals surface area contributed by atoms with Crippen molar-refractivity contribution >= 4 is 39.7 Å². The Kier molecular flexibility index (Phi) is 3.90. The van der Waals surface area contributed by atoms with Gasteiger partial charge in [0.2, 0.25) is 0 Å². The van der Waals surface area contributed by atoms with E-state index in [0.29, 0.717) is 11.4 Å². The summed E-state index contributed by atoms with van der Waals surface area (Å²) in [6, 6.07) is 9.93. The molecular formula is C13H12FIN2O. The van der Waals surface area contributed by atoms with E-state index in [9.17, 15) is 4.39 Å². The lowest BCUT2D eigenvalue weighted by atomic mass is 10.2. The Labute approximate surface area is 118 Å². The van der Waals surface area contributed by atoms with Gasteiger partial charge in [-0.05, 0) is 52.9 Å². The summed E-state index contributed by atoms with van der Waals surface area (Å²) in [4.78, 5) is 0. The lowest BCUT2D eigenvalue weighted by molar-refractivity contribution is 0.415. The summed E-state index contributed by atoms with van der Waals surface area (Å²) in [5, 5.41) is 3.16. The van der Waals surface area contributed by atoms with Crippen LogP contribution in [0, 0.1) is 9.39 Å². The number of anilines is 3. The van der Waals surface area contributed by atoms with Crippen LogP contribution in [0.1, 0.15) is 0 Å². The highest BCUT2D eigenvalue weighted by Crippen LogP contribution is 2.29. The molecule has 0 bridgehead atoms. The fourth-order valence-corrected chi connectivity index (χ4v) is 2.13. The molecule has 0 heterocycles. The van der Waals surface area contributed by atoms with Crippen molar-refractivity contribution in [2.45, 2.75) is 0 Å². The van der Waals surface area contributed by atoms with Gasteiger partial charge in [-0.2, -0.15) is 0 Å². The second-order valence-electron chi connectivity index (χ2n) is 3.70. The maximum absolute atomic E-state index is 13.0. The number of ether oxygens (including phenoxy) is 1. The summed E-state index contributed by atoms with van der Waals surface area (Å²) in [5.41, 5.74) is 8.06. The van der Waals surface area contributed by atoms with Crippen molar-refractivity contribution in [1.82, 2.24) is 0 Å². The molecule has 0 aliphatic heterocycles. The number of rotatable bonds is 3. The zero-order chi connectivity index (χ0) is 13.1. The summed E-state index contributed by atoms with van der Waals surface area (Å²) >= 11 is 2.07. The summed E-state index contributed by atoms with van der Waals surface area (Å²) in [6.45, 7) is 0. The van der Waals surface area contributed by atoms with E-state index >= 15 is 0 Å². The average molecular weight is 358 g/mol. The monoisotopic (exact) mass is 358 g/mol. The van der Waals surface area contributed by atoms with Gasteiger partial charge in [0.1, 0.15) is 11.6 Å². The first-order valence-electron chi connectivity index (χ1n) is 5.26. The molecule has 0 saturated carbocycles. The molecule has 2 rings (SSSR count). The lowest BCUT2D eigenvalue weighted by Gasteiger charge is -2.12. The molecule has 0 unspecified atom stereocenters. The van der Waals surface area contributed by atoms with Crippen LogP contribution in [0.15, 0.2) is 36.4 Å². The number of nitrogen functional groups attached to an aromatic ring is 1. The minimum Gasteiger partial charge on any atom is -0.497 e. The summed E-state index contributed by atoms with van der Waals surface area (Å²) in [7, 11) is 1.59. The predicted octanol–water partition coefficient (Wildman–Crippen LogP) is 3.76. The molecule has 0 aliphatic carbocycles. The van der Waals surface area contributed by atoms with E-state index in [4.69, 9.17) is 10.5 Å². The SMILES string of the molecule is COc1ccc(Nc2ccc(F)cc2I)c(N)c1. The number of hydrogen-bond acceptors (Lipinski definition) is 3. The lowest BCUT2D eigenvalue weighted by Crippen LogP contribution is -1.98. The summed E-state index contributed by atoms with van der Waals surface area (Å²) in [6.07, 6.45) is 0. The molecule has 3 nitrogen and oxygen atoms in total. The van der Waals surface area contributed by atoms with E-state index in [1.807, 2.05) is 12.1 Å². The molecule has 2 aromatic rings. The Morgan fingerprint density at radius 1 is 1.17 bits per heavy atom. The van der Waals surface area contributed by atoms with Gasteiger partial charge in [-0.3, -0.25) is 0 Å². The second-order valence-corrected chi connectivity index (χ2v) is 4.86. The van der Waals surface area contributed by atoms with E-state index in [2.05, 4.69) is 27.9 Å². The number of nitrogens with one attached hydrogen (secondary N) is 1. The Balaban J connectivity index is 2.28. The topological polar surface area (TPSA) is 47.3 Å². The fraction of sp³-hybridized carbons (Fsp3) is 0.0769. The standard InChI is InChI=1S/C13H12FIN2O/c1-18-9-3-5-13(11(16)7-9)17-12-4-2-8(14)6-10(12)15/h2-7,17H,16H2,1H3. The number of halogens is 2. The van der Waals surface area contributed by atoms with Gasteiger partial charge >= 0.3 is 0 Å². The molecular weight excluding hydrogens is 346 g/mol. The van der Waals surface area contributed by atoms with Gasteiger partial charge in [-0.1, -0.05) is 0 Å². The third-order valence-electron chi connectivity index (χ3n) is 2.46. The van der Waals surface area contributed by atoms with Gasteiger partial charge in [0.05, 0.1) is 24.2 Å². The third-order valence-corrected chi connectivity index (χ3v) is 3.35. The number of hydrogen-bond donors (Lipinski definition) is 2. The zero-order valence-electron chi connectivity index (χ0n) is 9.71. The fourth-order valence-electron chi connectivity index (χ4n) is 1.52. The molecule has 5 heteroatoms. The molecule has 0 spiro atoms. The summed E-state index contributed by atoms with van der Waals surface area (Å²) in [5.74, 6) is 0.444. The van der Waals surface area contributed by atoms with Crippen LogP contribution in [0.25, 0.3) is 0 Å². The van der Waals surface area contributed by atoms with Crippen molar-refractivity contribution in [2.24, 2.45) is 0 Å². The Morgan fingerprint density at radius 2 is 1.89 bits per heavy atom. The van der Waals surface area contributed by atoms with Gasteiger partial charge in [-0.15, -0.1) is 0 Å². The maximum atomic E-state index is 13.0. The van der Waals surface area contributed by atoms with Crippen molar-refractivity contribution < 1.29 is 9.13 Å². The number of nitrogens with two attached hydrogens (primary N) is 1. The van der Waals surface area contributed by atoms with Gasteiger partial charge in [0.25, 0.3) is 0 Å². The van der Waals surface area contributed by atoms with Crippen molar-refractivity contribution in [2.75, 3.05) is 18.2 Å². The molecule has 0 atom stereocenters. The Bertz CT molecular complexity index is 575. The molecule has 0 aliphatic rings. The van der Waals surface area contributed by atoms with E-state index in [0.717, 1.165) is 14.9 Å². The minimum atomic E-state index is -0.257. The highest BCUT2D eigenvalue weighted by atomic mass is 127. The van der Waals surface area contributed by atoms with Crippen LogP contribution < -0.4 is 15.8 Å². The van der Waals surface area contributed by atoms with Gasteiger partial charge in [-0.25, -0.2) is 4.39 Å². The molecule has 0 radical (unpaired) electrons. The molecule has 0 amide bonds. The molecule has 18 heavy (non-hydrogen) atoms. The molecule has 0 saturated heterocycles. The molecule has 2 aromatic carbocycles. The van der Waals surface area contributed by atoms with Crippen LogP contribution in [0.5, 0.6) is 5.75 Å². The van der Waals surface area contributed by atoms with Crippen molar-refractivity contribution in [3.05, 3.63) is 45.8 Å². The van der Waals surface area contributed by atoms with Crippen LogP contribution >= 0.6 is 22.6 Å². The van der Waals surface area contributed by atoms with Crippen LogP contribution in [-0.2, 0) is 0 Å². The van der Waals surface area contributed by atoms with Crippen molar-refractivity contribution in [1.29, 1.82) is 0 Å². The quantitative estimate of drug-likeness (QED) is 0.649. The maximum Gasteiger partial charge on any atom is 0.124 e. The van der Waals surface area contributed by atoms with Crippen molar-refractivity contribution in [3.8, 4) is 5.75 Å². The van der Waals surface area contributed by atoms with Gasteiger partial charge < -0.3 is 15.8 Å². The molecule has 94 valence electrons. The predicted molar refractivity (Wildman–Crippen MR) is 79.8 cm³/mol. The third kappa shape index (κ3) is 2.84. The van der Waals surface area contributed by atoms with Crippen LogP contribution in [-0.4, -0.2) is 7.11 Å². The van der Waals surface area contributed by atoms with Crippen LogP contribution in [0.4, 0.5) is 21.5 Å². The Morgan fingerprint density at radius 3 is 2.50 bits per heavy atom. The normalized spacial score (nSPS) is 10.2. The van der Waals surface area contributed by atoms with E-state index in [1.165, 1.54) is 12.1 Å². The van der Waals surface area contributed by atoms with E-state index in [1.54, 1.807) is 19.2 Å². The minimum absolute atomic E-state index is 0.257. The Hall–Kier alpha value is -1.50.